The van der Waals surface area contributed by atoms with Crippen molar-refractivity contribution in [3.8, 4) is 0 Å². The number of carbonyl (C=O) groups is 1. The number of piperidine rings is 1. The minimum absolute atomic E-state index is 0.0607. The molecule has 2 aliphatic rings. The molecular formula is C17H23FN2O3. The van der Waals surface area contributed by atoms with Crippen LogP contribution in [0.5, 0.6) is 0 Å². The van der Waals surface area contributed by atoms with Gasteiger partial charge in [0.15, 0.2) is 5.82 Å². The Morgan fingerprint density at radius 3 is 2.83 bits per heavy atom. The molecule has 2 saturated heterocycles. The third-order valence-corrected chi connectivity index (χ3v) is 5.25. The fourth-order valence-corrected chi connectivity index (χ4v) is 3.66. The summed E-state index contributed by atoms with van der Waals surface area (Å²) in [6.07, 6.45) is 5.82. The van der Waals surface area contributed by atoms with E-state index in [1.165, 1.54) is 12.3 Å². The number of ether oxygens (including phenoxy) is 1. The fraction of sp³-hybridized carbons (Fsp3) is 0.647. The first kappa shape index (κ1) is 16.3. The van der Waals surface area contributed by atoms with Crippen LogP contribution in [0.25, 0.3) is 0 Å². The number of halogens is 1. The monoisotopic (exact) mass is 322 g/mol. The molecule has 126 valence electrons. The Hall–Kier alpha value is -1.53. The molecule has 5 nitrogen and oxygen atoms in total. The maximum atomic E-state index is 13.7. The van der Waals surface area contributed by atoms with Crippen LogP contribution in [0.1, 0.15) is 49.4 Å². The Morgan fingerprint density at radius 1 is 1.43 bits per heavy atom. The number of aliphatic hydroxyl groups is 1. The van der Waals surface area contributed by atoms with Crippen molar-refractivity contribution in [2.24, 2.45) is 0 Å². The first-order valence-corrected chi connectivity index (χ1v) is 8.22. The summed E-state index contributed by atoms with van der Waals surface area (Å²) in [5.74, 6) is -0.895. The molecule has 1 aromatic heterocycles. The van der Waals surface area contributed by atoms with E-state index in [0.29, 0.717) is 51.8 Å². The van der Waals surface area contributed by atoms with Gasteiger partial charge in [-0.15, -0.1) is 0 Å². The summed E-state index contributed by atoms with van der Waals surface area (Å²) in [7, 11) is 0. The average Bonchev–Trinajstić information content (AvgIpc) is 2.55. The van der Waals surface area contributed by atoms with Crippen molar-refractivity contribution in [3.63, 3.8) is 0 Å². The number of rotatable bonds is 2. The number of nitrogens with zero attached hydrogens (tertiary/aromatic N) is 2. The smallest absolute Gasteiger partial charge is 0.256 e. The second kappa shape index (κ2) is 6.17. The zero-order valence-electron chi connectivity index (χ0n) is 13.4. The van der Waals surface area contributed by atoms with Gasteiger partial charge < -0.3 is 14.7 Å². The summed E-state index contributed by atoms with van der Waals surface area (Å²) < 4.78 is 19.7. The van der Waals surface area contributed by atoms with Gasteiger partial charge in [0.25, 0.3) is 5.91 Å². The summed E-state index contributed by atoms with van der Waals surface area (Å²) in [4.78, 5) is 17.8. The van der Waals surface area contributed by atoms with Crippen molar-refractivity contribution in [2.75, 3.05) is 19.7 Å². The highest BCUT2D eigenvalue weighted by molar-refractivity contribution is 5.94. The Bertz CT molecular complexity index is 587. The van der Waals surface area contributed by atoms with Crippen molar-refractivity contribution in [2.45, 2.75) is 50.2 Å². The lowest BCUT2D eigenvalue weighted by molar-refractivity contribution is -0.176. The SMILES string of the molecule is CCC1(O)CCOC2(CCN(C(=O)c3ccncc3F)CC2)C1. The Kier molecular flexibility index (Phi) is 4.38. The van der Waals surface area contributed by atoms with E-state index in [9.17, 15) is 14.3 Å². The number of likely N-dealkylation sites (tertiary alicyclic amines) is 1. The van der Waals surface area contributed by atoms with E-state index in [1.54, 1.807) is 4.90 Å². The van der Waals surface area contributed by atoms with Crippen LogP contribution in [0.3, 0.4) is 0 Å². The number of amides is 1. The van der Waals surface area contributed by atoms with Crippen molar-refractivity contribution in [3.05, 3.63) is 29.8 Å². The lowest BCUT2D eigenvalue weighted by Crippen LogP contribution is -2.55. The molecule has 1 N–H and O–H groups in total. The summed E-state index contributed by atoms with van der Waals surface area (Å²) in [6.45, 7) is 3.57. The number of pyridine rings is 1. The van der Waals surface area contributed by atoms with Crippen molar-refractivity contribution in [1.29, 1.82) is 0 Å². The molecule has 0 bridgehead atoms. The lowest BCUT2D eigenvalue weighted by Gasteiger charge is -2.49. The normalized spacial score (nSPS) is 27.2. The number of hydrogen-bond donors (Lipinski definition) is 1. The molecule has 3 rings (SSSR count). The number of hydrogen-bond acceptors (Lipinski definition) is 4. The summed E-state index contributed by atoms with van der Waals surface area (Å²) in [6, 6.07) is 1.41. The second-order valence-corrected chi connectivity index (χ2v) is 6.68. The second-order valence-electron chi connectivity index (χ2n) is 6.68. The highest BCUT2D eigenvalue weighted by atomic mass is 19.1. The van der Waals surface area contributed by atoms with Gasteiger partial charge in [-0.1, -0.05) is 6.92 Å². The van der Waals surface area contributed by atoms with Crippen LogP contribution in [-0.2, 0) is 4.74 Å². The van der Waals surface area contributed by atoms with Crippen LogP contribution < -0.4 is 0 Å². The average molecular weight is 322 g/mol. The van der Waals surface area contributed by atoms with Crippen LogP contribution in [0, 0.1) is 5.82 Å². The molecule has 2 aliphatic heterocycles. The molecule has 1 spiro atoms. The van der Waals surface area contributed by atoms with Gasteiger partial charge in [-0.3, -0.25) is 9.78 Å². The zero-order valence-corrected chi connectivity index (χ0v) is 13.4. The van der Waals surface area contributed by atoms with Crippen LogP contribution in [-0.4, -0.2) is 51.8 Å². The molecule has 3 heterocycles. The molecule has 1 aromatic rings. The van der Waals surface area contributed by atoms with Gasteiger partial charge in [-0.2, -0.15) is 0 Å². The lowest BCUT2D eigenvalue weighted by atomic mass is 9.76. The van der Waals surface area contributed by atoms with Gasteiger partial charge >= 0.3 is 0 Å². The largest absolute Gasteiger partial charge is 0.390 e. The standard InChI is InChI=1S/C17H23FN2O3/c1-2-16(22)6-10-23-17(12-16)4-8-20(9-5-17)15(21)13-3-7-19-11-14(13)18/h3,7,11,22H,2,4-6,8-10,12H2,1H3. The molecule has 0 aromatic carbocycles. The van der Waals surface area contributed by atoms with Crippen LogP contribution in [0.2, 0.25) is 0 Å². The Labute approximate surface area is 135 Å². The molecule has 1 amide bonds. The molecular weight excluding hydrogens is 299 g/mol. The Morgan fingerprint density at radius 2 is 2.17 bits per heavy atom. The fourth-order valence-electron chi connectivity index (χ4n) is 3.66. The first-order valence-electron chi connectivity index (χ1n) is 8.22. The summed E-state index contributed by atoms with van der Waals surface area (Å²) in [5.41, 5.74) is -0.955. The van der Waals surface area contributed by atoms with E-state index in [1.807, 2.05) is 6.92 Å². The van der Waals surface area contributed by atoms with Crippen molar-refractivity contribution in [1.82, 2.24) is 9.88 Å². The topological polar surface area (TPSA) is 62.7 Å². The maximum Gasteiger partial charge on any atom is 0.256 e. The molecule has 1 atom stereocenters. The predicted molar refractivity (Wildman–Crippen MR) is 82.5 cm³/mol. The van der Waals surface area contributed by atoms with Gasteiger partial charge in [0, 0.05) is 25.7 Å². The van der Waals surface area contributed by atoms with E-state index >= 15 is 0 Å². The zero-order chi connectivity index (χ0) is 16.5. The van der Waals surface area contributed by atoms with E-state index in [0.717, 1.165) is 6.20 Å². The highest BCUT2D eigenvalue weighted by Crippen LogP contribution is 2.41. The van der Waals surface area contributed by atoms with E-state index in [-0.39, 0.29) is 17.1 Å². The first-order chi connectivity index (χ1) is 11.0. The van der Waals surface area contributed by atoms with Crippen LogP contribution >= 0.6 is 0 Å². The summed E-state index contributed by atoms with van der Waals surface area (Å²) in [5, 5.41) is 10.6. The molecule has 0 radical (unpaired) electrons. The van der Waals surface area contributed by atoms with Gasteiger partial charge in [-0.25, -0.2) is 4.39 Å². The highest BCUT2D eigenvalue weighted by Gasteiger charge is 2.46. The predicted octanol–water partition coefficient (Wildman–Crippen LogP) is 2.15. The summed E-state index contributed by atoms with van der Waals surface area (Å²) >= 11 is 0. The van der Waals surface area contributed by atoms with Crippen LogP contribution in [0.15, 0.2) is 18.5 Å². The molecule has 6 heteroatoms. The minimum atomic E-state index is -0.665. The van der Waals surface area contributed by atoms with Gasteiger partial charge in [0.1, 0.15) is 0 Å². The molecule has 0 aliphatic carbocycles. The number of carbonyl (C=O) groups excluding carboxylic acids is 1. The van der Waals surface area contributed by atoms with Gasteiger partial charge in [0.2, 0.25) is 0 Å². The quantitative estimate of drug-likeness (QED) is 0.906. The number of aromatic nitrogens is 1. The minimum Gasteiger partial charge on any atom is -0.390 e. The molecule has 23 heavy (non-hydrogen) atoms. The molecule has 1 unspecified atom stereocenters. The van der Waals surface area contributed by atoms with Crippen molar-refractivity contribution >= 4 is 5.91 Å². The van der Waals surface area contributed by atoms with E-state index in [4.69, 9.17) is 4.74 Å². The van der Waals surface area contributed by atoms with Crippen molar-refractivity contribution < 1.29 is 19.0 Å². The third kappa shape index (κ3) is 3.23. The third-order valence-electron chi connectivity index (χ3n) is 5.25. The van der Waals surface area contributed by atoms with Crippen LogP contribution in [0.4, 0.5) is 4.39 Å². The molecule has 0 saturated carbocycles. The Balaban J connectivity index is 1.67. The van der Waals surface area contributed by atoms with E-state index < -0.39 is 11.4 Å². The molecule has 2 fully saturated rings. The maximum absolute atomic E-state index is 13.7. The van der Waals surface area contributed by atoms with Gasteiger partial charge in [0.05, 0.1) is 29.6 Å². The van der Waals surface area contributed by atoms with Gasteiger partial charge in [-0.05, 0) is 31.7 Å². The van der Waals surface area contributed by atoms with E-state index in [2.05, 4.69) is 4.98 Å².